The van der Waals surface area contributed by atoms with Crippen LogP contribution in [0.2, 0.25) is 0 Å². The van der Waals surface area contributed by atoms with Crippen LogP contribution in [0.3, 0.4) is 0 Å². The molecule has 2 heterocycles. The van der Waals surface area contributed by atoms with Crippen LogP contribution in [0.5, 0.6) is 11.5 Å². The topological polar surface area (TPSA) is 133 Å². The van der Waals surface area contributed by atoms with E-state index in [-0.39, 0.29) is 49.7 Å². The molecule has 0 saturated heterocycles. The number of carbonyl (C=O) groups excluding carboxylic acids is 1. The number of aliphatic hydroxyl groups excluding tert-OH is 1. The van der Waals surface area contributed by atoms with Gasteiger partial charge in [0, 0.05) is 48.9 Å². The first-order valence-corrected chi connectivity index (χ1v) is 16.0. The molecule has 1 amide bonds. The summed E-state index contributed by atoms with van der Waals surface area (Å²) in [6.07, 6.45) is 1.62. The molecule has 4 aromatic rings. The highest BCUT2D eigenvalue weighted by Crippen LogP contribution is 2.32. The summed E-state index contributed by atoms with van der Waals surface area (Å²) in [4.78, 5) is 17.6. The maximum Gasteiger partial charge on any atom is 0.261 e. The van der Waals surface area contributed by atoms with Crippen LogP contribution in [0.15, 0.2) is 71.8 Å². The van der Waals surface area contributed by atoms with Crippen LogP contribution in [0.4, 0.5) is 5.69 Å². The fourth-order valence-corrected chi connectivity index (χ4v) is 6.43. The number of aromatic amines is 1. The third-order valence-corrected chi connectivity index (χ3v) is 9.02. The van der Waals surface area contributed by atoms with Crippen molar-refractivity contribution in [2.45, 2.75) is 58.3 Å². The van der Waals surface area contributed by atoms with Gasteiger partial charge < -0.3 is 29.8 Å². The van der Waals surface area contributed by atoms with Gasteiger partial charge in [0.25, 0.3) is 15.9 Å². The second kappa shape index (κ2) is 14.1. The number of rotatable bonds is 11. The van der Waals surface area contributed by atoms with Gasteiger partial charge in [-0.2, -0.15) is 0 Å². The van der Waals surface area contributed by atoms with Crippen molar-refractivity contribution in [3.05, 3.63) is 83.6 Å². The van der Waals surface area contributed by atoms with Crippen LogP contribution in [0.25, 0.3) is 10.9 Å². The molecule has 0 radical (unpaired) electrons. The first-order chi connectivity index (χ1) is 20.7. The predicted molar refractivity (Wildman–Crippen MR) is 173 cm³/mol. The summed E-state index contributed by atoms with van der Waals surface area (Å²) in [5.41, 5.74) is 3.36. The number of benzene rings is 3. The number of aliphatic hydroxyl groups is 1. The zero-order valence-corrected chi connectivity index (χ0v) is 25.4. The van der Waals surface area contributed by atoms with Gasteiger partial charge in [0.05, 0.1) is 22.2 Å². The molecule has 11 heteroatoms. The minimum atomic E-state index is -3.85. The number of hydrogen-bond donors (Lipinski definition) is 4. The number of nitrogens with one attached hydrogen (secondary N) is 3. The molecule has 4 bridgehead atoms. The SMILES string of the molecule is C.CCN(CC)C(=O)COc1cccc2c(C[C@@H](C)NC[C@H](O)c3ccc4cc3NS(=O)(=O)c3cccc(c3)CO4)c[nH]c12. The molecule has 0 spiro atoms. The lowest BCUT2D eigenvalue weighted by Gasteiger charge is -2.22. The molecule has 2 atom stereocenters. The largest absolute Gasteiger partial charge is 0.489 e. The van der Waals surface area contributed by atoms with E-state index in [1.165, 1.54) is 6.07 Å². The van der Waals surface area contributed by atoms with Gasteiger partial charge >= 0.3 is 0 Å². The zero-order chi connectivity index (χ0) is 30.6. The van der Waals surface area contributed by atoms with Gasteiger partial charge in [-0.3, -0.25) is 9.52 Å². The maximum atomic E-state index is 13.1. The monoisotopic (exact) mass is 622 g/mol. The van der Waals surface area contributed by atoms with Crippen molar-refractivity contribution >= 4 is 32.5 Å². The van der Waals surface area contributed by atoms with Gasteiger partial charge in [0.15, 0.2) is 6.61 Å². The number of ether oxygens (including phenoxy) is 2. The standard InChI is InChI=1S/C32H38N4O6S.CH4/c1-4-36(5-2)31(38)20-42-30-11-7-10-26-23(17-34-32(26)30)14-21(3)33-18-29(37)27-13-12-24-16-28(27)35-43(39,40)25-9-6-8-22(15-25)19-41-24;/h6-13,15-17,21,29,33-35,37H,4-5,14,18-20H2,1-3H3;1H4/t21-,29+;/m1./s1. The van der Waals surface area contributed by atoms with Crippen LogP contribution >= 0.6 is 0 Å². The smallest absolute Gasteiger partial charge is 0.261 e. The summed E-state index contributed by atoms with van der Waals surface area (Å²) in [7, 11) is -3.85. The number of carbonyl (C=O) groups is 1. The number of hydrogen-bond acceptors (Lipinski definition) is 7. The van der Waals surface area contributed by atoms with E-state index in [4.69, 9.17) is 9.47 Å². The molecule has 0 unspecified atom stereocenters. The molecule has 3 aromatic carbocycles. The van der Waals surface area contributed by atoms with Gasteiger partial charge in [-0.05, 0) is 62.6 Å². The van der Waals surface area contributed by atoms with Crippen molar-refractivity contribution in [2.24, 2.45) is 0 Å². The van der Waals surface area contributed by atoms with E-state index >= 15 is 0 Å². The highest BCUT2D eigenvalue weighted by Gasteiger charge is 2.22. The summed E-state index contributed by atoms with van der Waals surface area (Å²) in [6.45, 7) is 7.60. The third kappa shape index (κ3) is 7.35. The summed E-state index contributed by atoms with van der Waals surface area (Å²) in [6, 6.07) is 17.4. The fourth-order valence-electron chi connectivity index (χ4n) is 5.28. The fraction of sp³-hybridized carbons (Fsp3) is 0.364. The molecule has 44 heavy (non-hydrogen) atoms. The summed E-state index contributed by atoms with van der Waals surface area (Å²) in [5.74, 6) is 1.07. The Labute approximate surface area is 259 Å². The molecular weight excluding hydrogens is 580 g/mol. The van der Waals surface area contributed by atoms with E-state index in [0.717, 1.165) is 22.0 Å². The first-order valence-electron chi connectivity index (χ1n) is 14.5. The van der Waals surface area contributed by atoms with E-state index in [9.17, 15) is 18.3 Å². The van der Waals surface area contributed by atoms with Crippen LogP contribution in [0.1, 0.15) is 51.0 Å². The minimum Gasteiger partial charge on any atom is -0.489 e. The predicted octanol–water partition coefficient (Wildman–Crippen LogP) is 5.00. The van der Waals surface area contributed by atoms with Crippen molar-refractivity contribution in [2.75, 3.05) is 31.0 Å². The molecule has 0 saturated carbocycles. The van der Waals surface area contributed by atoms with Crippen LogP contribution in [-0.4, -0.2) is 61.6 Å². The normalized spacial score (nSPS) is 14.8. The molecule has 0 fully saturated rings. The number of H-pyrrole nitrogens is 1. The Balaban J connectivity index is 0.00000442. The summed E-state index contributed by atoms with van der Waals surface area (Å²) in [5, 5.41) is 15.5. The van der Waals surface area contributed by atoms with E-state index in [0.29, 0.717) is 36.6 Å². The average Bonchev–Trinajstić information content (AvgIpc) is 3.41. The quantitative estimate of drug-likeness (QED) is 0.185. The molecule has 5 rings (SSSR count). The van der Waals surface area contributed by atoms with Crippen molar-refractivity contribution in [3.8, 4) is 11.5 Å². The third-order valence-electron chi connectivity index (χ3n) is 7.66. The summed E-state index contributed by atoms with van der Waals surface area (Å²) < 4.78 is 40.5. The number of likely N-dealkylation sites (N-methyl/N-ethyl adjacent to an activating group) is 1. The first kappa shape index (κ1) is 32.8. The minimum absolute atomic E-state index is 0. The molecule has 236 valence electrons. The van der Waals surface area contributed by atoms with Gasteiger partial charge in [0.2, 0.25) is 0 Å². The average molecular weight is 623 g/mol. The molecule has 1 aromatic heterocycles. The Hall–Kier alpha value is -4.06. The van der Waals surface area contributed by atoms with Gasteiger partial charge in [-0.15, -0.1) is 0 Å². The Morgan fingerprint density at radius 3 is 2.66 bits per heavy atom. The van der Waals surface area contributed by atoms with E-state index in [2.05, 4.69) is 15.0 Å². The highest BCUT2D eigenvalue weighted by atomic mass is 32.2. The lowest BCUT2D eigenvalue weighted by Crippen LogP contribution is -2.34. The molecular formula is C33H42N4O6S. The Bertz CT molecular complexity index is 1700. The molecule has 1 aliphatic heterocycles. The Morgan fingerprint density at radius 2 is 1.89 bits per heavy atom. The molecule has 10 nitrogen and oxygen atoms in total. The lowest BCUT2D eigenvalue weighted by atomic mass is 10.0. The van der Waals surface area contributed by atoms with Crippen molar-refractivity contribution < 1.29 is 27.8 Å². The van der Waals surface area contributed by atoms with Crippen molar-refractivity contribution in [1.82, 2.24) is 15.2 Å². The summed E-state index contributed by atoms with van der Waals surface area (Å²) >= 11 is 0. The Morgan fingerprint density at radius 1 is 1.11 bits per heavy atom. The van der Waals surface area contributed by atoms with Crippen LogP contribution in [0, 0.1) is 0 Å². The number of anilines is 1. The van der Waals surface area contributed by atoms with Crippen LogP contribution < -0.4 is 19.5 Å². The van der Waals surface area contributed by atoms with E-state index in [1.54, 1.807) is 35.2 Å². The highest BCUT2D eigenvalue weighted by molar-refractivity contribution is 7.92. The second-order valence-corrected chi connectivity index (χ2v) is 12.3. The Kier molecular flexibility index (Phi) is 10.6. The number of amides is 1. The zero-order valence-electron chi connectivity index (χ0n) is 24.6. The lowest BCUT2D eigenvalue weighted by molar-refractivity contribution is -0.132. The maximum absolute atomic E-state index is 13.1. The van der Waals surface area contributed by atoms with E-state index < -0.39 is 16.1 Å². The van der Waals surface area contributed by atoms with Crippen molar-refractivity contribution in [3.63, 3.8) is 0 Å². The second-order valence-electron chi connectivity index (χ2n) is 10.7. The number of para-hydroxylation sites is 1. The van der Waals surface area contributed by atoms with Gasteiger partial charge in [-0.25, -0.2) is 8.42 Å². The molecule has 1 aliphatic rings. The van der Waals surface area contributed by atoms with Crippen molar-refractivity contribution in [1.29, 1.82) is 0 Å². The van der Waals surface area contributed by atoms with Crippen LogP contribution in [-0.2, 0) is 27.8 Å². The number of sulfonamides is 1. The number of fused-ring (bicyclic) bond motifs is 5. The van der Waals surface area contributed by atoms with Gasteiger partial charge in [0.1, 0.15) is 18.1 Å². The van der Waals surface area contributed by atoms with E-state index in [1.807, 2.05) is 51.2 Å². The molecule has 0 aliphatic carbocycles. The number of nitrogens with zero attached hydrogens (tertiary/aromatic N) is 1. The van der Waals surface area contributed by atoms with Gasteiger partial charge in [-0.1, -0.05) is 37.8 Å². The number of aromatic nitrogens is 1. The molecule has 4 N–H and O–H groups in total.